The molecule has 0 aliphatic heterocycles. The van der Waals surface area contributed by atoms with Crippen molar-refractivity contribution in [2.45, 2.75) is 58.6 Å². The fraction of sp³-hybridized carbons (Fsp3) is 0.647. The van der Waals surface area contributed by atoms with Gasteiger partial charge >= 0.3 is 0 Å². The summed E-state index contributed by atoms with van der Waals surface area (Å²) in [7, 11) is 0. The molecule has 0 aliphatic rings. The highest BCUT2D eigenvalue weighted by molar-refractivity contribution is 5.28. The van der Waals surface area contributed by atoms with Gasteiger partial charge < -0.3 is 15.2 Å². The number of rotatable bonds is 9. The number of nitrogens with one attached hydrogen (secondary N) is 1. The van der Waals surface area contributed by atoms with Crippen molar-refractivity contribution in [1.82, 2.24) is 5.32 Å². The van der Waals surface area contributed by atoms with Gasteiger partial charge in [-0.2, -0.15) is 0 Å². The third-order valence-corrected chi connectivity index (χ3v) is 3.91. The van der Waals surface area contributed by atoms with E-state index in [4.69, 9.17) is 4.74 Å². The van der Waals surface area contributed by atoms with Crippen LogP contribution in [0.3, 0.4) is 0 Å². The molecule has 1 unspecified atom stereocenters. The van der Waals surface area contributed by atoms with E-state index in [1.54, 1.807) is 0 Å². The lowest BCUT2D eigenvalue weighted by atomic mass is 9.96. The van der Waals surface area contributed by atoms with Crippen molar-refractivity contribution in [3.05, 3.63) is 29.8 Å². The maximum Gasteiger partial charge on any atom is 0.119 e. The van der Waals surface area contributed by atoms with Crippen molar-refractivity contribution in [2.24, 2.45) is 0 Å². The van der Waals surface area contributed by atoms with E-state index in [0.29, 0.717) is 6.54 Å². The van der Waals surface area contributed by atoms with Crippen LogP contribution >= 0.6 is 0 Å². The molecule has 0 bridgehead atoms. The summed E-state index contributed by atoms with van der Waals surface area (Å²) in [5.41, 5.74) is 0.613. The van der Waals surface area contributed by atoms with E-state index < -0.39 is 5.60 Å². The van der Waals surface area contributed by atoms with Gasteiger partial charge in [-0.25, -0.2) is 0 Å². The molecule has 20 heavy (non-hydrogen) atoms. The number of aliphatic hydroxyl groups is 1. The maximum atomic E-state index is 10.3. The van der Waals surface area contributed by atoms with Crippen molar-refractivity contribution in [3.8, 4) is 5.75 Å². The minimum atomic E-state index is -0.599. The van der Waals surface area contributed by atoms with E-state index in [9.17, 15) is 5.11 Å². The van der Waals surface area contributed by atoms with Gasteiger partial charge in [-0.3, -0.25) is 0 Å². The van der Waals surface area contributed by atoms with E-state index in [-0.39, 0.29) is 6.04 Å². The van der Waals surface area contributed by atoms with Crippen molar-refractivity contribution >= 4 is 0 Å². The molecule has 1 aromatic rings. The molecule has 1 aromatic carbocycles. The SMILES string of the molecule is CCCOc1ccc(C(C)NCC(O)(CC)CC)cc1. The first-order chi connectivity index (χ1) is 9.54. The highest BCUT2D eigenvalue weighted by Crippen LogP contribution is 2.20. The molecule has 0 aliphatic carbocycles. The molecule has 0 heterocycles. The van der Waals surface area contributed by atoms with Crippen LogP contribution in [-0.2, 0) is 0 Å². The van der Waals surface area contributed by atoms with Gasteiger partial charge in [0.25, 0.3) is 0 Å². The molecule has 0 radical (unpaired) electrons. The summed E-state index contributed by atoms with van der Waals surface area (Å²) >= 11 is 0. The largest absolute Gasteiger partial charge is 0.494 e. The predicted molar refractivity (Wildman–Crippen MR) is 84.2 cm³/mol. The first-order valence-corrected chi connectivity index (χ1v) is 7.73. The Kier molecular flexibility index (Phi) is 7.03. The molecule has 0 fully saturated rings. The molecule has 1 atom stereocenters. The second-order valence-corrected chi connectivity index (χ2v) is 5.45. The molecular weight excluding hydrogens is 250 g/mol. The Balaban J connectivity index is 2.53. The summed E-state index contributed by atoms with van der Waals surface area (Å²) in [5, 5.41) is 13.7. The fourth-order valence-electron chi connectivity index (χ4n) is 2.03. The summed E-state index contributed by atoms with van der Waals surface area (Å²) in [6.07, 6.45) is 2.56. The quantitative estimate of drug-likeness (QED) is 0.724. The van der Waals surface area contributed by atoms with E-state index in [1.165, 1.54) is 5.56 Å². The van der Waals surface area contributed by atoms with E-state index in [0.717, 1.165) is 31.6 Å². The lowest BCUT2D eigenvalue weighted by molar-refractivity contribution is 0.0303. The highest BCUT2D eigenvalue weighted by Gasteiger charge is 2.22. The lowest BCUT2D eigenvalue weighted by Crippen LogP contribution is -2.40. The molecule has 114 valence electrons. The van der Waals surface area contributed by atoms with Crippen LogP contribution in [0.15, 0.2) is 24.3 Å². The maximum absolute atomic E-state index is 10.3. The van der Waals surface area contributed by atoms with Crippen LogP contribution in [0, 0.1) is 0 Å². The van der Waals surface area contributed by atoms with Crippen LogP contribution in [0.1, 0.15) is 58.6 Å². The summed E-state index contributed by atoms with van der Waals surface area (Å²) in [5.74, 6) is 0.918. The van der Waals surface area contributed by atoms with Crippen LogP contribution in [0.4, 0.5) is 0 Å². The lowest BCUT2D eigenvalue weighted by Gasteiger charge is -2.27. The normalized spacial score (nSPS) is 13.2. The average Bonchev–Trinajstić information content (AvgIpc) is 2.50. The first kappa shape index (κ1) is 17.0. The van der Waals surface area contributed by atoms with Crippen molar-refractivity contribution in [2.75, 3.05) is 13.2 Å². The number of benzene rings is 1. The van der Waals surface area contributed by atoms with E-state index in [2.05, 4.69) is 31.3 Å². The molecule has 1 rings (SSSR count). The Morgan fingerprint density at radius 3 is 2.25 bits per heavy atom. The number of ether oxygens (including phenoxy) is 1. The summed E-state index contributed by atoms with van der Waals surface area (Å²) in [6.45, 7) is 9.64. The van der Waals surface area contributed by atoms with Crippen molar-refractivity contribution in [1.29, 1.82) is 0 Å². The molecule has 0 aromatic heterocycles. The van der Waals surface area contributed by atoms with E-state index >= 15 is 0 Å². The number of hydrogen-bond acceptors (Lipinski definition) is 3. The Hall–Kier alpha value is -1.06. The second-order valence-electron chi connectivity index (χ2n) is 5.45. The molecule has 3 heteroatoms. The molecule has 0 amide bonds. The van der Waals surface area contributed by atoms with Gasteiger partial charge in [0.15, 0.2) is 0 Å². The summed E-state index contributed by atoms with van der Waals surface area (Å²) in [4.78, 5) is 0. The van der Waals surface area contributed by atoms with Gasteiger partial charge in [0.1, 0.15) is 5.75 Å². The summed E-state index contributed by atoms with van der Waals surface area (Å²) < 4.78 is 5.58. The Morgan fingerprint density at radius 1 is 1.15 bits per heavy atom. The third-order valence-electron chi connectivity index (χ3n) is 3.91. The Labute approximate surface area is 123 Å². The predicted octanol–water partition coefficient (Wildman–Crippen LogP) is 3.68. The van der Waals surface area contributed by atoms with Gasteiger partial charge in [0.2, 0.25) is 0 Å². The standard InChI is InChI=1S/C17H29NO2/c1-5-12-20-16-10-8-15(9-11-16)14(4)18-13-17(19,6-2)7-3/h8-11,14,18-19H,5-7,12-13H2,1-4H3. The van der Waals surface area contributed by atoms with Crippen molar-refractivity contribution in [3.63, 3.8) is 0 Å². The van der Waals surface area contributed by atoms with Crippen LogP contribution in [0.25, 0.3) is 0 Å². The minimum Gasteiger partial charge on any atom is -0.494 e. The third kappa shape index (κ3) is 5.14. The summed E-state index contributed by atoms with van der Waals surface area (Å²) in [6, 6.07) is 8.41. The molecule has 2 N–H and O–H groups in total. The zero-order chi connectivity index (χ0) is 15.0. The zero-order valence-corrected chi connectivity index (χ0v) is 13.3. The smallest absolute Gasteiger partial charge is 0.119 e. The van der Waals surface area contributed by atoms with Gasteiger partial charge in [-0.1, -0.05) is 32.9 Å². The molecule has 0 spiro atoms. The Bertz CT molecular complexity index is 371. The Morgan fingerprint density at radius 2 is 1.75 bits per heavy atom. The van der Waals surface area contributed by atoms with Gasteiger partial charge in [0.05, 0.1) is 12.2 Å². The van der Waals surface area contributed by atoms with Crippen molar-refractivity contribution < 1.29 is 9.84 Å². The minimum absolute atomic E-state index is 0.222. The van der Waals surface area contributed by atoms with Gasteiger partial charge in [0, 0.05) is 12.6 Å². The second kappa shape index (κ2) is 8.28. The fourth-order valence-corrected chi connectivity index (χ4v) is 2.03. The molecule has 0 saturated heterocycles. The number of hydrogen-bond donors (Lipinski definition) is 2. The zero-order valence-electron chi connectivity index (χ0n) is 13.3. The first-order valence-electron chi connectivity index (χ1n) is 7.73. The van der Waals surface area contributed by atoms with Crippen LogP contribution in [0.2, 0.25) is 0 Å². The molecule has 0 saturated carbocycles. The molecular formula is C17H29NO2. The average molecular weight is 279 g/mol. The van der Waals surface area contributed by atoms with Crippen LogP contribution in [-0.4, -0.2) is 23.9 Å². The topological polar surface area (TPSA) is 41.5 Å². The van der Waals surface area contributed by atoms with Gasteiger partial charge in [-0.15, -0.1) is 0 Å². The highest BCUT2D eigenvalue weighted by atomic mass is 16.5. The van der Waals surface area contributed by atoms with Crippen LogP contribution < -0.4 is 10.1 Å². The monoisotopic (exact) mass is 279 g/mol. The van der Waals surface area contributed by atoms with Crippen LogP contribution in [0.5, 0.6) is 5.75 Å². The van der Waals surface area contributed by atoms with Gasteiger partial charge in [-0.05, 0) is 43.9 Å². The molecule has 3 nitrogen and oxygen atoms in total. The van der Waals surface area contributed by atoms with E-state index in [1.807, 2.05) is 26.0 Å².